The van der Waals surface area contributed by atoms with Gasteiger partial charge in [0.1, 0.15) is 5.58 Å². The third-order valence-electron chi connectivity index (χ3n) is 2.52. The van der Waals surface area contributed by atoms with Gasteiger partial charge in [0.25, 0.3) is 0 Å². The summed E-state index contributed by atoms with van der Waals surface area (Å²) in [5.41, 5.74) is 7.00. The van der Waals surface area contributed by atoms with E-state index in [1.807, 2.05) is 24.3 Å². The molecule has 0 spiro atoms. The summed E-state index contributed by atoms with van der Waals surface area (Å²) in [6.07, 6.45) is 1.62. The minimum atomic E-state index is -0.181. The number of benzene rings is 1. The molecule has 1 atom stereocenters. The Morgan fingerprint density at radius 1 is 1.50 bits per heavy atom. The maximum Gasteiger partial charge on any atom is 0.228 e. The largest absolute Gasteiger partial charge is 0.464 e. The number of anilines is 1. The summed E-state index contributed by atoms with van der Waals surface area (Å²) in [6, 6.07) is 7.38. The molecular weight excluding hydrogens is 204 g/mol. The highest BCUT2D eigenvalue weighted by molar-refractivity contribution is 5.94. The lowest BCUT2D eigenvalue weighted by atomic mass is 10.1. The van der Waals surface area contributed by atoms with Gasteiger partial charge in [0, 0.05) is 23.5 Å². The summed E-state index contributed by atoms with van der Waals surface area (Å²) in [5, 5.41) is 3.78. The zero-order valence-electron chi connectivity index (χ0n) is 9.07. The standard InChI is InChI=1S/C12H14N2O2/c1-8(7-13)12(15)14-10-2-3-11-9(6-10)4-5-16-11/h2-6,8H,7,13H2,1H3,(H,14,15). The first kappa shape index (κ1) is 10.7. The molecule has 0 saturated carbocycles. The van der Waals surface area contributed by atoms with Crippen molar-refractivity contribution < 1.29 is 9.21 Å². The zero-order chi connectivity index (χ0) is 11.5. The van der Waals surface area contributed by atoms with E-state index < -0.39 is 0 Å². The van der Waals surface area contributed by atoms with E-state index in [1.54, 1.807) is 13.2 Å². The second-order valence-corrected chi connectivity index (χ2v) is 3.80. The summed E-state index contributed by atoms with van der Waals surface area (Å²) in [6.45, 7) is 2.14. The topological polar surface area (TPSA) is 68.3 Å². The summed E-state index contributed by atoms with van der Waals surface area (Å²) in [5.74, 6) is -0.245. The van der Waals surface area contributed by atoms with Gasteiger partial charge in [-0.1, -0.05) is 6.92 Å². The van der Waals surface area contributed by atoms with Crippen LogP contribution in [0.5, 0.6) is 0 Å². The smallest absolute Gasteiger partial charge is 0.228 e. The van der Waals surface area contributed by atoms with Crippen molar-refractivity contribution in [1.82, 2.24) is 0 Å². The van der Waals surface area contributed by atoms with Crippen LogP contribution in [0.3, 0.4) is 0 Å². The van der Waals surface area contributed by atoms with Crippen molar-refractivity contribution in [2.75, 3.05) is 11.9 Å². The van der Waals surface area contributed by atoms with Crippen LogP contribution in [-0.4, -0.2) is 12.5 Å². The van der Waals surface area contributed by atoms with Crippen molar-refractivity contribution in [1.29, 1.82) is 0 Å². The number of rotatable bonds is 3. The van der Waals surface area contributed by atoms with E-state index in [-0.39, 0.29) is 11.8 Å². The van der Waals surface area contributed by atoms with Crippen molar-refractivity contribution in [3.05, 3.63) is 30.5 Å². The second-order valence-electron chi connectivity index (χ2n) is 3.80. The number of nitrogens with two attached hydrogens (primary N) is 1. The van der Waals surface area contributed by atoms with E-state index >= 15 is 0 Å². The Hall–Kier alpha value is -1.81. The highest BCUT2D eigenvalue weighted by Gasteiger charge is 2.10. The molecule has 4 heteroatoms. The van der Waals surface area contributed by atoms with Crippen LogP contribution in [0.25, 0.3) is 11.0 Å². The molecular formula is C12H14N2O2. The predicted octanol–water partition coefficient (Wildman–Crippen LogP) is 1.97. The Kier molecular flexibility index (Phi) is 2.92. The number of amides is 1. The molecule has 1 aromatic carbocycles. The molecule has 0 aliphatic carbocycles. The van der Waals surface area contributed by atoms with Crippen LogP contribution in [0.15, 0.2) is 34.9 Å². The summed E-state index contributed by atoms with van der Waals surface area (Å²) in [7, 11) is 0. The van der Waals surface area contributed by atoms with Gasteiger partial charge in [-0.3, -0.25) is 4.79 Å². The quantitative estimate of drug-likeness (QED) is 0.827. The molecule has 4 nitrogen and oxygen atoms in total. The van der Waals surface area contributed by atoms with Gasteiger partial charge in [-0.2, -0.15) is 0 Å². The third-order valence-corrected chi connectivity index (χ3v) is 2.52. The predicted molar refractivity (Wildman–Crippen MR) is 63.1 cm³/mol. The Morgan fingerprint density at radius 2 is 2.31 bits per heavy atom. The molecule has 16 heavy (non-hydrogen) atoms. The Bertz CT molecular complexity index is 504. The maximum atomic E-state index is 11.6. The first-order valence-corrected chi connectivity index (χ1v) is 5.19. The fourth-order valence-electron chi connectivity index (χ4n) is 1.42. The number of furan rings is 1. The van der Waals surface area contributed by atoms with Crippen LogP contribution in [0.2, 0.25) is 0 Å². The summed E-state index contributed by atoms with van der Waals surface area (Å²) in [4.78, 5) is 11.6. The lowest BCUT2D eigenvalue weighted by Crippen LogP contribution is -2.26. The molecule has 0 saturated heterocycles. The Morgan fingerprint density at radius 3 is 3.06 bits per heavy atom. The van der Waals surface area contributed by atoms with Crippen molar-refractivity contribution >= 4 is 22.6 Å². The van der Waals surface area contributed by atoms with E-state index in [0.717, 1.165) is 16.7 Å². The first-order valence-electron chi connectivity index (χ1n) is 5.19. The van der Waals surface area contributed by atoms with Crippen LogP contribution < -0.4 is 11.1 Å². The molecule has 0 aliphatic heterocycles. The average molecular weight is 218 g/mol. The molecule has 0 aliphatic rings. The van der Waals surface area contributed by atoms with Gasteiger partial charge in [-0.25, -0.2) is 0 Å². The lowest BCUT2D eigenvalue weighted by molar-refractivity contribution is -0.119. The fourth-order valence-corrected chi connectivity index (χ4v) is 1.42. The SMILES string of the molecule is CC(CN)C(=O)Nc1ccc2occc2c1. The van der Waals surface area contributed by atoms with E-state index in [1.165, 1.54) is 0 Å². The van der Waals surface area contributed by atoms with Crippen molar-refractivity contribution in [2.45, 2.75) is 6.92 Å². The highest BCUT2D eigenvalue weighted by Crippen LogP contribution is 2.20. The minimum absolute atomic E-state index is 0.0645. The molecule has 1 unspecified atom stereocenters. The van der Waals surface area contributed by atoms with E-state index in [2.05, 4.69) is 5.32 Å². The van der Waals surface area contributed by atoms with Crippen LogP contribution in [0.1, 0.15) is 6.92 Å². The number of hydrogen-bond donors (Lipinski definition) is 2. The molecule has 0 radical (unpaired) electrons. The second kappa shape index (κ2) is 4.37. The highest BCUT2D eigenvalue weighted by atomic mass is 16.3. The molecule has 2 aromatic rings. The monoisotopic (exact) mass is 218 g/mol. The van der Waals surface area contributed by atoms with Gasteiger partial charge in [0.15, 0.2) is 0 Å². The molecule has 1 amide bonds. The van der Waals surface area contributed by atoms with Gasteiger partial charge < -0.3 is 15.5 Å². The molecule has 1 heterocycles. The van der Waals surface area contributed by atoms with Gasteiger partial charge in [-0.05, 0) is 24.3 Å². The first-order chi connectivity index (χ1) is 7.70. The molecule has 0 fully saturated rings. The molecule has 84 valence electrons. The third kappa shape index (κ3) is 2.06. The number of nitrogens with one attached hydrogen (secondary N) is 1. The van der Waals surface area contributed by atoms with Crippen LogP contribution >= 0.6 is 0 Å². The number of fused-ring (bicyclic) bond motifs is 1. The van der Waals surface area contributed by atoms with Crippen molar-refractivity contribution in [3.63, 3.8) is 0 Å². The zero-order valence-corrected chi connectivity index (χ0v) is 9.07. The molecule has 2 rings (SSSR count). The van der Waals surface area contributed by atoms with E-state index in [9.17, 15) is 4.79 Å². The summed E-state index contributed by atoms with van der Waals surface area (Å²) < 4.78 is 5.21. The van der Waals surface area contributed by atoms with Gasteiger partial charge >= 0.3 is 0 Å². The van der Waals surface area contributed by atoms with Crippen LogP contribution in [-0.2, 0) is 4.79 Å². The number of carbonyl (C=O) groups excluding carboxylic acids is 1. The molecule has 1 aromatic heterocycles. The molecule has 0 bridgehead atoms. The van der Waals surface area contributed by atoms with Gasteiger partial charge in [0.05, 0.1) is 6.26 Å². The van der Waals surface area contributed by atoms with E-state index in [0.29, 0.717) is 6.54 Å². The number of carbonyl (C=O) groups is 1. The Labute approximate surface area is 93.4 Å². The maximum absolute atomic E-state index is 11.6. The van der Waals surface area contributed by atoms with Crippen LogP contribution in [0, 0.1) is 5.92 Å². The summed E-state index contributed by atoms with van der Waals surface area (Å²) >= 11 is 0. The number of hydrogen-bond acceptors (Lipinski definition) is 3. The van der Waals surface area contributed by atoms with Crippen molar-refractivity contribution in [3.8, 4) is 0 Å². The molecule has 3 N–H and O–H groups in total. The van der Waals surface area contributed by atoms with E-state index in [4.69, 9.17) is 10.2 Å². The lowest BCUT2D eigenvalue weighted by Gasteiger charge is -2.09. The fraction of sp³-hybridized carbons (Fsp3) is 0.250. The van der Waals surface area contributed by atoms with Crippen LogP contribution in [0.4, 0.5) is 5.69 Å². The van der Waals surface area contributed by atoms with Gasteiger partial charge in [0.2, 0.25) is 5.91 Å². The normalized spacial score (nSPS) is 12.6. The van der Waals surface area contributed by atoms with Gasteiger partial charge in [-0.15, -0.1) is 0 Å². The minimum Gasteiger partial charge on any atom is -0.464 e. The Balaban J connectivity index is 2.17. The average Bonchev–Trinajstić information content (AvgIpc) is 2.75. The van der Waals surface area contributed by atoms with Crippen molar-refractivity contribution in [2.24, 2.45) is 11.7 Å².